The molecule has 0 bridgehead atoms. The molecule has 0 fully saturated rings. The van der Waals surface area contributed by atoms with Crippen LogP contribution >= 0.6 is 0 Å². The second-order valence-corrected chi connectivity index (χ2v) is 4.26. The maximum absolute atomic E-state index is 8.87. The minimum absolute atomic E-state index is 0.605. The van der Waals surface area contributed by atoms with Crippen LogP contribution in [0.5, 0.6) is 0 Å². The number of nitrogens with one attached hydrogen (secondary N) is 1. The largest absolute Gasteiger partial charge is 0.366 e. The molecule has 20 heavy (non-hydrogen) atoms. The van der Waals surface area contributed by atoms with Gasteiger partial charge >= 0.3 is 0 Å². The summed E-state index contributed by atoms with van der Waals surface area (Å²) in [5.41, 5.74) is 3.07. The minimum Gasteiger partial charge on any atom is -0.366 e. The Morgan fingerprint density at radius 2 is 2.00 bits per heavy atom. The van der Waals surface area contributed by atoms with E-state index in [9.17, 15) is 0 Å². The first-order chi connectivity index (χ1) is 9.85. The van der Waals surface area contributed by atoms with Crippen LogP contribution in [0.2, 0.25) is 0 Å². The van der Waals surface area contributed by atoms with E-state index in [1.165, 1.54) is 0 Å². The highest BCUT2D eigenvalue weighted by atomic mass is 15.0. The van der Waals surface area contributed by atoms with Gasteiger partial charge in [0.25, 0.3) is 0 Å². The van der Waals surface area contributed by atoms with Gasteiger partial charge in [0, 0.05) is 18.9 Å². The molecule has 2 heterocycles. The van der Waals surface area contributed by atoms with Gasteiger partial charge in [-0.2, -0.15) is 5.26 Å². The molecular weight excluding hydrogens is 250 g/mol. The van der Waals surface area contributed by atoms with Crippen molar-refractivity contribution in [3.63, 3.8) is 0 Å². The van der Waals surface area contributed by atoms with Crippen LogP contribution in [0.25, 0.3) is 11.2 Å². The predicted octanol–water partition coefficient (Wildman–Crippen LogP) is 2.51. The topological polar surface area (TPSA) is 74.5 Å². The Morgan fingerprint density at radius 1 is 1.10 bits per heavy atom. The van der Waals surface area contributed by atoms with E-state index in [0.29, 0.717) is 17.8 Å². The van der Waals surface area contributed by atoms with Crippen molar-refractivity contribution in [1.29, 1.82) is 5.26 Å². The van der Waals surface area contributed by atoms with Gasteiger partial charge in [-0.1, -0.05) is 12.1 Å². The summed E-state index contributed by atoms with van der Waals surface area (Å²) in [5.74, 6) is 0.736. The van der Waals surface area contributed by atoms with Crippen molar-refractivity contribution in [3.8, 4) is 6.07 Å². The SMILES string of the molecule is N#Cc1cccc(CNc2ccc3nccnc3n2)c1. The molecule has 1 aromatic carbocycles. The number of pyridine rings is 1. The van der Waals surface area contributed by atoms with Crippen LogP contribution in [-0.4, -0.2) is 15.0 Å². The first-order valence-electron chi connectivity index (χ1n) is 6.16. The summed E-state index contributed by atoms with van der Waals surface area (Å²) in [6, 6.07) is 13.3. The van der Waals surface area contributed by atoms with Gasteiger partial charge in [0.15, 0.2) is 5.65 Å². The molecule has 5 heteroatoms. The molecule has 0 spiro atoms. The van der Waals surface area contributed by atoms with Gasteiger partial charge in [-0.25, -0.2) is 9.97 Å². The number of aromatic nitrogens is 3. The first kappa shape index (κ1) is 12.1. The number of hydrogen-bond donors (Lipinski definition) is 1. The Morgan fingerprint density at radius 3 is 2.90 bits per heavy atom. The van der Waals surface area contributed by atoms with Gasteiger partial charge in [0.1, 0.15) is 11.3 Å². The Hall–Kier alpha value is -3.00. The second kappa shape index (κ2) is 5.33. The van der Waals surface area contributed by atoms with Crippen LogP contribution < -0.4 is 5.32 Å². The van der Waals surface area contributed by atoms with Gasteiger partial charge in [0.2, 0.25) is 0 Å². The predicted molar refractivity (Wildman–Crippen MR) is 75.8 cm³/mol. The Labute approximate surface area is 116 Å². The Kier molecular flexibility index (Phi) is 3.21. The third-order valence-electron chi connectivity index (χ3n) is 2.86. The van der Waals surface area contributed by atoms with Crippen LogP contribution in [0.15, 0.2) is 48.8 Å². The molecule has 3 rings (SSSR count). The fourth-order valence-corrected chi connectivity index (χ4v) is 1.90. The highest BCUT2D eigenvalue weighted by molar-refractivity contribution is 5.71. The van der Waals surface area contributed by atoms with Crippen molar-refractivity contribution in [2.24, 2.45) is 0 Å². The van der Waals surface area contributed by atoms with Gasteiger partial charge in [-0.05, 0) is 29.8 Å². The molecule has 0 aliphatic rings. The van der Waals surface area contributed by atoms with Crippen LogP contribution in [-0.2, 0) is 6.54 Å². The summed E-state index contributed by atoms with van der Waals surface area (Å²) >= 11 is 0. The summed E-state index contributed by atoms with van der Waals surface area (Å²) in [6.07, 6.45) is 3.26. The molecular formula is C15H11N5. The molecule has 0 atom stereocenters. The highest BCUT2D eigenvalue weighted by Crippen LogP contribution is 2.12. The van der Waals surface area contributed by atoms with E-state index in [0.717, 1.165) is 16.9 Å². The monoisotopic (exact) mass is 261 g/mol. The molecule has 5 nitrogen and oxygen atoms in total. The van der Waals surface area contributed by atoms with Crippen molar-refractivity contribution in [2.75, 3.05) is 5.32 Å². The Bertz CT molecular complexity index is 791. The number of benzene rings is 1. The fourth-order valence-electron chi connectivity index (χ4n) is 1.90. The highest BCUT2D eigenvalue weighted by Gasteiger charge is 2.00. The Balaban J connectivity index is 1.78. The summed E-state index contributed by atoms with van der Waals surface area (Å²) < 4.78 is 0. The van der Waals surface area contributed by atoms with E-state index in [1.54, 1.807) is 18.5 Å². The van der Waals surface area contributed by atoms with Crippen molar-refractivity contribution in [1.82, 2.24) is 15.0 Å². The smallest absolute Gasteiger partial charge is 0.180 e. The van der Waals surface area contributed by atoms with Crippen LogP contribution in [0, 0.1) is 11.3 Å². The lowest BCUT2D eigenvalue weighted by molar-refractivity contribution is 1.11. The fraction of sp³-hybridized carbons (Fsp3) is 0.0667. The van der Waals surface area contributed by atoms with Crippen molar-refractivity contribution in [2.45, 2.75) is 6.54 Å². The van der Waals surface area contributed by atoms with E-state index < -0.39 is 0 Å². The average Bonchev–Trinajstić information content (AvgIpc) is 2.53. The molecule has 0 aliphatic carbocycles. The summed E-state index contributed by atoms with van der Waals surface area (Å²) in [4.78, 5) is 12.7. The zero-order chi connectivity index (χ0) is 13.8. The lowest BCUT2D eigenvalue weighted by Crippen LogP contribution is -2.02. The standard InChI is InChI=1S/C15H11N5/c16-9-11-2-1-3-12(8-11)10-19-14-5-4-13-15(20-14)18-7-6-17-13/h1-8H,10H2,(H,18,19,20). The first-order valence-corrected chi connectivity index (χ1v) is 6.16. The molecule has 3 aromatic rings. The molecule has 0 radical (unpaired) electrons. The molecule has 0 saturated heterocycles. The number of nitrogens with zero attached hydrogens (tertiary/aromatic N) is 4. The van der Waals surface area contributed by atoms with Crippen LogP contribution in [0.4, 0.5) is 5.82 Å². The van der Waals surface area contributed by atoms with E-state index >= 15 is 0 Å². The number of hydrogen-bond acceptors (Lipinski definition) is 5. The molecule has 0 saturated carbocycles. The molecule has 96 valence electrons. The lowest BCUT2D eigenvalue weighted by Gasteiger charge is -2.06. The van der Waals surface area contributed by atoms with E-state index in [-0.39, 0.29) is 0 Å². The van der Waals surface area contributed by atoms with Crippen LogP contribution in [0.3, 0.4) is 0 Å². The van der Waals surface area contributed by atoms with Gasteiger partial charge in [-0.15, -0.1) is 0 Å². The average molecular weight is 261 g/mol. The number of rotatable bonds is 3. The zero-order valence-electron chi connectivity index (χ0n) is 10.6. The van der Waals surface area contributed by atoms with Crippen molar-refractivity contribution >= 4 is 17.0 Å². The molecule has 1 N–H and O–H groups in total. The minimum atomic E-state index is 0.605. The van der Waals surface area contributed by atoms with Gasteiger partial charge in [-0.3, -0.25) is 4.98 Å². The maximum atomic E-state index is 8.87. The van der Waals surface area contributed by atoms with Gasteiger partial charge in [0.05, 0.1) is 11.6 Å². The lowest BCUT2D eigenvalue weighted by atomic mass is 10.1. The number of anilines is 1. The second-order valence-electron chi connectivity index (χ2n) is 4.26. The molecule has 0 aliphatic heterocycles. The van der Waals surface area contributed by atoms with E-state index in [2.05, 4.69) is 26.3 Å². The summed E-state index contributed by atoms with van der Waals surface area (Å²) in [6.45, 7) is 0.605. The summed E-state index contributed by atoms with van der Waals surface area (Å²) in [5, 5.41) is 12.1. The summed E-state index contributed by atoms with van der Waals surface area (Å²) in [7, 11) is 0. The van der Waals surface area contributed by atoms with E-state index in [1.807, 2.05) is 30.3 Å². The maximum Gasteiger partial charge on any atom is 0.180 e. The third-order valence-corrected chi connectivity index (χ3v) is 2.86. The zero-order valence-corrected chi connectivity index (χ0v) is 10.6. The van der Waals surface area contributed by atoms with Crippen LogP contribution in [0.1, 0.15) is 11.1 Å². The molecule has 0 amide bonds. The quantitative estimate of drug-likeness (QED) is 0.784. The van der Waals surface area contributed by atoms with E-state index in [4.69, 9.17) is 5.26 Å². The third kappa shape index (κ3) is 2.54. The van der Waals surface area contributed by atoms with Gasteiger partial charge < -0.3 is 5.32 Å². The van der Waals surface area contributed by atoms with Crippen molar-refractivity contribution in [3.05, 3.63) is 59.9 Å². The molecule has 0 unspecified atom stereocenters. The molecule has 2 aromatic heterocycles. The number of nitriles is 1. The normalized spacial score (nSPS) is 10.2. The van der Waals surface area contributed by atoms with Crippen molar-refractivity contribution < 1.29 is 0 Å². The number of fused-ring (bicyclic) bond motifs is 1.